The molecule has 0 bridgehead atoms. The molecular formula is C27H25NO3S. The maximum absolute atomic E-state index is 13.5. The lowest BCUT2D eigenvalue weighted by Crippen LogP contribution is -2.31. The number of carbonyl (C=O) groups is 2. The number of imide groups is 1. The van der Waals surface area contributed by atoms with E-state index in [1.165, 1.54) is 16.7 Å². The molecule has 1 aliphatic heterocycles. The number of carbonyl (C=O) groups excluding carboxylic acids is 2. The first-order chi connectivity index (χ1) is 15.4. The Bertz CT molecular complexity index is 1170. The summed E-state index contributed by atoms with van der Waals surface area (Å²) in [5.74, 6) is 0.551. The van der Waals surface area contributed by atoms with E-state index >= 15 is 0 Å². The van der Waals surface area contributed by atoms with Gasteiger partial charge in [0.2, 0.25) is 0 Å². The van der Waals surface area contributed by atoms with Gasteiger partial charge in [-0.1, -0.05) is 68.1 Å². The summed E-state index contributed by atoms with van der Waals surface area (Å²) in [6, 6.07) is 24.5. The van der Waals surface area contributed by atoms with E-state index in [-0.39, 0.29) is 11.8 Å². The lowest BCUT2D eigenvalue weighted by Gasteiger charge is -2.16. The van der Waals surface area contributed by atoms with Crippen molar-refractivity contribution in [1.29, 1.82) is 0 Å². The summed E-state index contributed by atoms with van der Waals surface area (Å²) in [5, 5.41) is 0. The minimum atomic E-state index is -0.310. The van der Waals surface area contributed by atoms with Crippen LogP contribution in [0.25, 0.3) is 5.57 Å². The second-order valence-electron chi connectivity index (χ2n) is 8.13. The molecule has 0 saturated carbocycles. The summed E-state index contributed by atoms with van der Waals surface area (Å²) >= 11 is 1.32. The van der Waals surface area contributed by atoms with Gasteiger partial charge in [-0.2, -0.15) is 0 Å². The highest BCUT2D eigenvalue weighted by molar-refractivity contribution is 8.04. The number of benzene rings is 3. The molecule has 3 aromatic carbocycles. The standard InChI is InChI=1S/C27H25NO3S/c1-18(2)17-31-22-14-12-20(13-15-22)24-25(32-23-10-5-4-6-11-23)27(30)28(26(24)29)21-9-7-8-19(3)16-21/h4-16,18H,17H2,1-3H3. The van der Waals surface area contributed by atoms with Crippen molar-refractivity contribution in [1.82, 2.24) is 0 Å². The molecule has 0 aromatic heterocycles. The average Bonchev–Trinajstić information content (AvgIpc) is 3.02. The van der Waals surface area contributed by atoms with Crippen LogP contribution < -0.4 is 9.64 Å². The molecule has 2 amide bonds. The SMILES string of the molecule is Cc1cccc(N2C(=O)C(Sc3ccccc3)=C(c3ccc(OCC(C)C)cc3)C2=O)c1. The Morgan fingerprint density at radius 1 is 0.875 bits per heavy atom. The van der Waals surface area contributed by atoms with Crippen LogP contribution in [0.3, 0.4) is 0 Å². The predicted octanol–water partition coefficient (Wildman–Crippen LogP) is 6.11. The van der Waals surface area contributed by atoms with E-state index < -0.39 is 0 Å². The van der Waals surface area contributed by atoms with Crippen molar-refractivity contribution < 1.29 is 14.3 Å². The van der Waals surface area contributed by atoms with E-state index in [9.17, 15) is 9.59 Å². The largest absolute Gasteiger partial charge is 0.493 e. The number of thioether (sulfide) groups is 1. The van der Waals surface area contributed by atoms with Crippen molar-refractivity contribution in [2.45, 2.75) is 25.7 Å². The van der Waals surface area contributed by atoms with Crippen LogP contribution in [-0.2, 0) is 9.59 Å². The van der Waals surface area contributed by atoms with Crippen LogP contribution in [0.15, 0.2) is 88.7 Å². The van der Waals surface area contributed by atoms with Crippen LogP contribution in [0.2, 0.25) is 0 Å². The first-order valence-electron chi connectivity index (χ1n) is 10.6. The Labute approximate surface area is 192 Å². The first kappa shape index (κ1) is 21.9. The van der Waals surface area contributed by atoms with E-state index in [4.69, 9.17) is 4.74 Å². The van der Waals surface area contributed by atoms with Crippen LogP contribution in [0.5, 0.6) is 5.75 Å². The van der Waals surface area contributed by atoms with Crippen molar-refractivity contribution in [2.75, 3.05) is 11.5 Å². The molecule has 32 heavy (non-hydrogen) atoms. The van der Waals surface area contributed by atoms with Gasteiger partial charge in [-0.05, 0) is 60.4 Å². The van der Waals surface area contributed by atoms with Gasteiger partial charge in [0.15, 0.2) is 0 Å². The molecule has 0 radical (unpaired) electrons. The van der Waals surface area contributed by atoms with Gasteiger partial charge in [0.05, 0.1) is 22.8 Å². The number of amides is 2. The summed E-state index contributed by atoms with van der Waals surface area (Å²) in [4.78, 5) is 29.6. The molecule has 4 rings (SSSR count). The minimum Gasteiger partial charge on any atom is -0.493 e. The van der Waals surface area contributed by atoms with E-state index in [0.29, 0.717) is 34.3 Å². The van der Waals surface area contributed by atoms with Gasteiger partial charge >= 0.3 is 0 Å². The molecule has 4 nitrogen and oxygen atoms in total. The fourth-order valence-electron chi connectivity index (χ4n) is 3.45. The summed E-state index contributed by atoms with van der Waals surface area (Å²) in [5.41, 5.74) is 2.69. The van der Waals surface area contributed by atoms with Crippen LogP contribution in [-0.4, -0.2) is 18.4 Å². The molecule has 0 atom stereocenters. The van der Waals surface area contributed by atoms with Crippen molar-refractivity contribution in [3.63, 3.8) is 0 Å². The number of rotatable bonds is 7. The van der Waals surface area contributed by atoms with Gasteiger partial charge in [0, 0.05) is 4.90 Å². The third-order valence-corrected chi connectivity index (χ3v) is 6.08. The normalized spacial score (nSPS) is 13.9. The molecule has 0 aliphatic carbocycles. The summed E-state index contributed by atoms with van der Waals surface area (Å²) < 4.78 is 5.78. The quantitative estimate of drug-likeness (QED) is 0.414. The smallest absolute Gasteiger partial charge is 0.272 e. The Kier molecular flexibility index (Phi) is 6.47. The molecular weight excluding hydrogens is 418 g/mol. The highest BCUT2D eigenvalue weighted by atomic mass is 32.2. The molecule has 1 heterocycles. The van der Waals surface area contributed by atoms with E-state index in [2.05, 4.69) is 13.8 Å². The van der Waals surface area contributed by atoms with Crippen molar-refractivity contribution in [2.24, 2.45) is 5.92 Å². The molecule has 0 unspecified atom stereocenters. The number of anilines is 1. The van der Waals surface area contributed by atoms with Crippen molar-refractivity contribution in [3.05, 3.63) is 94.9 Å². The number of ether oxygens (including phenoxy) is 1. The summed E-state index contributed by atoms with van der Waals surface area (Å²) in [6.07, 6.45) is 0. The zero-order valence-corrected chi connectivity index (χ0v) is 19.2. The van der Waals surface area contributed by atoms with Gasteiger partial charge in [-0.25, -0.2) is 4.90 Å². The fraction of sp³-hybridized carbons (Fsp3) is 0.185. The number of aryl methyl sites for hydroxylation is 1. The third-order valence-electron chi connectivity index (χ3n) is 4.99. The average molecular weight is 444 g/mol. The van der Waals surface area contributed by atoms with E-state index in [0.717, 1.165) is 16.2 Å². The molecule has 0 spiro atoms. The lowest BCUT2D eigenvalue weighted by atomic mass is 10.1. The molecule has 1 aliphatic rings. The second-order valence-corrected chi connectivity index (χ2v) is 9.22. The number of hydrogen-bond donors (Lipinski definition) is 0. The zero-order valence-electron chi connectivity index (χ0n) is 18.4. The molecule has 5 heteroatoms. The Balaban J connectivity index is 1.73. The van der Waals surface area contributed by atoms with Gasteiger partial charge in [-0.3, -0.25) is 9.59 Å². The van der Waals surface area contributed by atoms with Gasteiger partial charge in [-0.15, -0.1) is 0 Å². The highest BCUT2D eigenvalue weighted by Gasteiger charge is 2.40. The molecule has 0 saturated heterocycles. The Morgan fingerprint density at radius 3 is 2.25 bits per heavy atom. The molecule has 3 aromatic rings. The Hall–Kier alpha value is -3.31. The topological polar surface area (TPSA) is 46.6 Å². The van der Waals surface area contributed by atoms with Crippen molar-refractivity contribution in [3.8, 4) is 5.75 Å². The highest BCUT2D eigenvalue weighted by Crippen LogP contribution is 2.41. The van der Waals surface area contributed by atoms with Crippen LogP contribution in [0.1, 0.15) is 25.0 Å². The zero-order chi connectivity index (χ0) is 22.7. The number of hydrogen-bond acceptors (Lipinski definition) is 4. The maximum atomic E-state index is 13.5. The summed E-state index contributed by atoms with van der Waals surface area (Å²) in [6.45, 7) is 6.75. The maximum Gasteiger partial charge on any atom is 0.272 e. The van der Waals surface area contributed by atoms with Crippen LogP contribution >= 0.6 is 11.8 Å². The van der Waals surface area contributed by atoms with Gasteiger partial charge < -0.3 is 4.74 Å². The molecule has 0 fully saturated rings. The Morgan fingerprint density at radius 2 is 1.59 bits per heavy atom. The minimum absolute atomic E-state index is 0.301. The monoisotopic (exact) mass is 443 g/mol. The molecule has 162 valence electrons. The van der Waals surface area contributed by atoms with Crippen LogP contribution in [0.4, 0.5) is 5.69 Å². The van der Waals surface area contributed by atoms with Crippen LogP contribution in [0, 0.1) is 12.8 Å². The van der Waals surface area contributed by atoms with E-state index in [1.807, 2.05) is 79.7 Å². The van der Waals surface area contributed by atoms with Gasteiger partial charge in [0.25, 0.3) is 11.8 Å². The summed E-state index contributed by atoms with van der Waals surface area (Å²) in [7, 11) is 0. The fourth-order valence-corrected chi connectivity index (χ4v) is 4.46. The second kappa shape index (κ2) is 9.45. The molecule has 0 N–H and O–H groups in total. The predicted molar refractivity (Wildman–Crippen MR) is 130 cm³/mol. The lowest BCUT2D eigenvalue weighted by molar-refractivity contribution is -0.119. The van der Waals surface area contributed by atoms with E-state index in [1.54, 1.807) is 6.07 Å². The van der Waals surface area contributed by atoms with Crippen molar-refractivity contribution >= 4 is 34.8 Å². The third kappa shape index (κ3) is 4.63. The first-order valence-corrected chi connectivity index (χ1v) is 11.4. The number of nitrogens with zero attached hydrogens (tertiary/aromatic N) is 1. The van der Waals surface area contributed by atoms with Gasteiger partial charge in [0.1, 0.15) is 5.75 Å².